The molecule has 8 heteroatoms. The number of aromatic nitrogens is 4. The number of para-hydroxylation sites is 2. The molecule has 0 atom stereocenters. The normalized spacial score (nSPS) is 11.0. The van der Waals surface area contributed by atoms with Gasteiger partial charge in [0.1, 0.15) is 11.1 Å². The second-order valence-electron chi connectivity index (χ2n) is 6.89. The van der Waals surface area contributed by atoms with Gasteiger partial charge in [0.15, 0.2) is 12.3 Å². The van der Waals surface area contributed by atoms with Gasteiger partial charge in [0, 0.05) is 0 Å². The molecular formula is C23H17N5O3. The highest BCUT2D eigenvalue weighted by molar-refractivity contribution is 5.94. The molecule has 0 aliphatic carbocycles. The zero-order valence-corrected chi connectivity index (χ0v) is 16.3. The molecule has 0 unspecified atom stereocenters. The van der Waals surface area contributed by atoms with E-state index < -0.39 is 0 Å². The summed E-state index contributed by atoms with van der Waals surface area (Å²) in [7, 11) is 0. The lowest BCUT2D eigenvalue weighted by molar-refractivity contribution is -0.118. The minimum absolute atomic E-state index is 0.148. The quantitative estimate of drug-likeness (QED) is 0.462. The van der Waals surface area contributed by atoms with Crippen LogP contribution in [-0.4, -0.2) is 32.3 Å². The molecule has 2 aromatic heterocycles. The van der Waals surface area contributed by atoms with Gasteiger partial charge in [-0.05, 0) is 35.0 Å². The fraction of sp³-hybridized carbons (Fsp3) is 0.0435. The maximum absolute atomic E-state index is 12.6. The molecule has 8 nitrogen and oxygen atoms in total. The van der Waals surface area contributed by atoms with Crippen molar-refractivity contribution in [2.45, 2.75) is 0 Å². The number of carbonyl (C=O) groups excluding carboxylic acids is 1. The molecule has 0 bridgehead atoms. The summed E-state index contributed by atoms with van der Waals surface area (Å²) in [5.74, 6) is 0.298. The monoisotopic (exact) mass is 411 g/mol. The van der Waals surface area contributed by atoms with Crippen molar-refractivity contribution in [3.63, 3.8) is 0 Å². The van der Waals surface area contributed by atoms with Crippen LogP contribution in [0.25, 0.3) is 27.5 Å². The number of aromatic amines is 1. The number of H-pyrrole nitrogens is 1. The molecule has 5 aromatic rings. The lowest BCUT2D eigenvalue weighted by Crippen LogP contribution is -2.21. The van der Waals surface area contributed by atoms with E-state index >= 15 is 0 Å². The Kier molecular flexibility index (Phi) is 4.64. The summed E-state index contributed by atoms with van der Waals surface area (Å²) < 4.78 is 7.19. The number of fused-ring (bicyclic) bond motifs is 2. The maximum Gasteiger partial charge on any atom is 0.262 e. The van der Waals surface area contributed by atoms with E-state index in [1.165, 1.54) is 17.2 Å². The second-order valence-corrected chi connectivity index (χ2v) is 6.89. The van der Waals surface area contributed by atoms with E-state index in [4.69, 9.17) is 4.74 Å². The number of hydrogen-bond acceptors (Lipinski definition) is 5. The predicted molar refractivity (Wildman–Crippen MR) is 118 cm³/mol. The number of nitrogens with zero attached hydrogens (tertiary/aromatic N) is 3. The number of rotatable bonds is 5. The molecule has 0 saturated heterocycles. The summed E-state index contributed by atoms with van der Waals surface area (Å²) in [6.45, 7) is -0.148. The van der Waals surface area contributed by atoms with Crippen LogP contribution in [-0.2, 0) is 4.79 Å². The Morgan fingerprint density at radius 3 is 2.74 bits per heavy atom. The first kappa shape index (κ1) is 18.6. The van der Waals surface area contributed by atoms with Gasteiger partial charge in [0.05, 0.1) is 23.9 Å². The van der Waals surface area contributed by atoms with Crippen LogP contribution >= 0.6 is 0 Å². The van der Waals surface area contributed by atoms with Crippen molar-refractivity contribution < 1.29 is 9.53 Å². The van der Waals surface area contributed by atoms with Crippen molar-refractivity contribution in [1.29, 1.82) is 0 Å². The number of ether oxygens (including phenoxy) is 1. The summed E-state index contributed by atoms with van der Waals surface area (Å²) in [5, 5.41) is 9.62. The maximum atomic E-state index is 12.6. The van der Waals surface area contributed by atoms with Gasteiger partial charge in [-0.1, -0.05) is 42.5 Å². The Morgan fingerprint density at radius 2 is 1.84 bits per heavy atom. The highest BCUT2D eigenvalue weighted by Gasteiger charge is 2.14. The van der Waals surface area contributed by atoms with E-state index in [0.29, 0.717) is 28.2 Å². The zero-order valence-electron chi connectivity index (χ0n) is 16.3. The van der Waals surface area contributed by atoms with Crippen molar-refractivity contribution in [2.75, 3.05) is 11.9 Å². The first-order chi connectivity index (χ1) is 15.2. The number of benzene rings is 3. The highest BCUT2D eigenvalue weighted by atomic mass is 16.5. The van der Waals surface area contributed by atoms with Crippen LogP contribution in [0.3, 0.4) is 0 Å². The molecule has 0 fully saturated rings. The van der Waals surface area contributed by atoms with Gasteiger partial charge in [-0.15, -0.1) is 0 Å². The average molecular weight is 411 g/mol. The SMILES string of the molecule is O=C(COc1ccc2ccccc2c1)Nc1ccccc1-n1ncc2c(=O)[nH]cnc21. The molecule has 0 aliphatic heterocycles. The van der Waals surface area contributed by atoms with Crippen LogP contribution in [0.4, 0.5) is 5.69 Å². The van der Waals surface area contributed by atoms with Crippen LogP contribution in [0.2, 0.25) is 0 Å². The molecule has 0 saturated carbocycles. The molecule has 5 rings (SSSR count). The van der Waals surface area contributed by atoms with E-state index in [1.807, 2.05) is 48.5 Å². The van der Waals surface area contributed by atoms with Crippen molar-refractivity contribution in [3.05, 3.63) is 89.6 Å². The fourth-order valence-electron chi connectivity index (χ4n) is 3.39. The van der Waals surface area contributed by atoms with Gasteiger partial charge in [-0.2, -0.15) is 5.10 Å². The van der Waals surface area contributed by atoms with Crippen LogP contribution < -0.4 is 15.6 Å². The van der Waals surface area contributed by atoms with E-state index in [0.717, 1.165) is 10.8 Å². The Bertz CT molecular complexity index is 1470. The first-order valence-corrected chi connectivity index (χ1v) is 9.61. The number of carbonyl (C=O) groups is 1. The second kappa shape index (κ2) is 7.75. The minimum atomic E-state index is -0.317. The van der Waals surface area contributed by atoms with Gasteiger partial charge in [0.25, 0.3) is 11.5 Å². The van der Waals surface area contributed by atoms with Crippen molar-refractivity contribution in [2.24, 2.45) is 0 Å². The zero-order chi connectivity index (χ0) is 21.2. The minimum Gasteiger partial charge on any atom is -0.484 e. The third-order valence-electron chi connectivity index (χ3n) is 4.87. The summed E-state index contributed by atoms with van der Waals surface area (Å²) in [6.07, 6.45) is 2.77. The summed E-state index contributed by atoms with van der Waals surface area (Å²) >= 11 is 0. The van der Waals surface area contributed by atoms with E-state index in [9.17, 15) is 9.59 Å². The topological polar surface area (TPSA) is 102 Å². The van der Waals surface area contributed by atoms with Gasteiger partial charge >= 0.3 is 0 Å². The number of anilines is 1. The lowest BCUT2D eigenvalue weighted by atomic mass is 10.1. The highest BCUT2D eigenvalue weighted by Crippen LogP contribution is 2.23. The Labute approximate surface area is 176 Å². The van der Waals surface area contributed by atoms with Crippen LogP contribution in [0.5, 0.6) is 5.75 Å². The lowest BCUT2D eigenvalue weighted by Gasteiger charge is -2.12. The van der Waals surface area contributed by atoms with E-state index in [-0.39, 0.29) is 18.1 Å². The van der Waals surface area contributed by atoms with E-state index in [1.54, 1.807) is 18.2 Å². The molecule has 31 heavy (non-hydrogen) atoms. The smallest absolute Gasteiger partial charge is 0.262 e. The molecule has 0 aliphatic rings. The molecule has 1 amide bonds. The molecule has 152 valence electrons. The molecule has 0 spiro atoms. The van der Waals surface area contributed by atoms with Gasteiger partial charge in [-0.3, -0.25) is 9.59 Å². The van der Waals surface area contributed by atoms with Gasteiger partial charge < -0.3 is 15.0 Å². The Hall–Kier alpha value is -4.46. The molecule has 2 heterocycles. The average Bonchev–Trinajstić information content (AvgIpc) is 3.23. The van der Waals surface area contributed by atoms with Crippen LogP contribution in [0, 0.1) is 0 Å². The van der Waals surface area contributed by atoms with E-state index in [2.05, 4.69) is 20.4 Å². The summed E-state index contributed by atoms with van der Waals surface area (Å²) in [5.41, 5.74) is 1.25. The fourth-order valence-corrected chi connectivity index (χ4v) is 3.39. The largest absolute Gasteiger partial charge is 0.484 e. The Balaban J connectivity index is 1.36. The number of amides is 1. The summed E-state index contributed by atoms with van der Waals surface area (Å²) in [4.78, 5) is 31.2. The van der Waals surface area contributed by atoms with Gasteiger partial charge in [0.2, 0.25) is 0 Å². The molecule has 0 radical (unpaired) electrons. The Morgan fingerprint density at radius 1 is 1.03 bits per heavy atom. The first-order valence-electron chi connectivity index (χ1n) is 9.61. The third-order valence-corrected chi connectivity index (χ3v) is 4.87. The molecule has 2 N–H and O–H groups in total. The van der Waals surface area contributed by atoms with Crippen LogP contribution in [0.1, 0.15) is 0 Å². The molecule has 3 aromatic carbocycles. The third kappa shape index (κ3) is 3.62. The van der Waals surface area contributed by atoms with Crippen molar-refractivity contribution in [3.8, 4) is 11.4 Å². The van der Waals surface area contributed by atoms with Crippen molar-refractivity contribution in [1.82, 2.24) is 19.7 Å². The van der Waals surface area contributed by atoms with Crippen LogP contribution in [0.15, 0.2) is 84.0 Å². The standard InChI is InChI=1S/C23H17N5O3/c29-21(13-31-17-10-9-15-5-1-2-6-16(15)11-17)27-19-7-3-4-8-20(19)28-22-18(12-26-28)23(30)25-14-24-22/h1-12,14H,13H2,(H,27,29)(H,24,25,30). The number of nitrogens with one attached hydrogen (secondary N) is 2. The molecular weight excluding hydrogens is 394 g/mol. The number of hydrogen-bond donors (Lipinski definition) is 2. The predicted octanol–water partition coefficient (Wildman–Crippen LogP) is 3.28. The van der Waals surface area contributed by atoms with Crippen molar-refractivity contribution >= 4 is 33.4 Å². The van der Waals surface area contributed by atoms with Gasteiger partial charge in [-0.25, -0.2) is 9.67 Å². The summed E-state index contributed by atoms with van der Waals surface area (Å²) in [6, 6.07) is 20.8.